The van der Waals surface area contributed by atoms with Crippen molar-refractivity contribution in [3.8, 4) is 16.6 Å². The van der Waals surface area contributed by atoms with Gasteiger partial charge < -0.3 is 19.7 Å². The van der Waals surface area contributed by atoms with E-state index >= 15 is 0 Å². The molecule has 4 aromatic heterocycles. The molecular weight excluding hydrogens is 452 g/mol. The number of fused-ring (bicyclic) bond motifs is 1. The normalized spacial score (nSPS) is 10.8. The Balaban J connectivity index is 1.70. The summed E-state index contributed by atoms with van der Waals surface area (Å²) in [6, 6.07) is 7.31. The van der Waals surface area contributed by atoms with Crippen LogP contribution in [0.1, 0.15) is 43.8 Å². The maximum atomic E-state index is 13.1. The Kier molecular flexibility index (Phi) is 5.89. The summed E-state index contributed by atoms with van der Waals surface area (Å²) < 4.78 is 15.8. The lowest BCUT2D eigenvalue weighted by Gasteiger charge is -2.08. The van der Waals surface area contributed by atoms with Crippen molar-refractivity contribution in [2.75, 3.05) is 12.3 Å². The van der Waals surface area contributed by atoms with Gasteiger partial charge in [0.15, 0.2) is 0 Å². The highest BCUT2D eigenvalue weighted by Crippen LogP contribution is 2.33. The van der Waals surface area contributed by atoms with Crippen molar-refractivity contribution in [3.63, 3.8) is 0 Å². The molecule has 11 heteroatoms. The van der Waals surface area contributed by atoms with E-state index in [9.17, 15) is 14.9 Å². The molecule has 2 N–H and O–H groups in total. The zero-order valence-corrected chi connectivity index (χ0v) is 18.6. The zero-order chi connectivity index (χ0) is 22.8. The van der Waals surface area contributed by atoms with Crippen molar-refractivity contribution < 1.29 is 23.6 Å². The third-order valence-corrected chi connectivity index (χ3v) is 6.50. The van der Waals surface area contributed by atoms with Crippen LogP contribution in [0.15, 0.2) is 28.1 Å². The molecule has 0 aliphatic rings. The number of hydrogen-bond donors (Lipinski definition) is 1. The molecule has 0 aliphatic carbocycles. The second-order valence-corrected chi connectivity index (χ2v) is 8.54. The van der Waals surface area contributed by atoms with Gasteiger partial charge in [-0.2, -0.15) is 5.26 Å². The molecule has 4 rings (SSSR count). The summed E-state index contributed by atoms with van der Waals surface area (Å²) >= 11 is 2.39. The van der Waals surface area contributed by atoms with E-state index in [1.165, 1.54) is 11.3 Å². The number of anilines is 1. The molecule has 162 valence electrons. The lowest BCUT2D eigenvalue weighted by molar-refractivity contribution is 0.0454. The summed E-state index contributed by atoms with van der Waals surface area (Å²) in [5.41, 5.74) is 7.64. The summed E-state index contributed by atoms with van der Waals surface area (Å²) in [6.07, 6.45) is 0. The number of thiophene rings is 2. The molecule has 9 nitrogen and oxygen atoms in total. The number of ether oxygens (including phenoxy) is 2. The number of nitriles is 1. The molecule has 4 heterocycles. The number of hydrogen-bond acceptors (Lipinski definition) is 11. The molecular formula is C21H16N4O5S2. The summed E-state index contributed by atoms with van der Waals surface area (Å²) in [5.74, 6) is -1.30. The summed E-state index contributed by atoms with van der Waals surface area (Å²) in [5, 5.41) is 15.8. The number of pyridine rings is 1. The van der Waals surface area contributed by atoms with Crippen LogP contribution < -0.4 is 5.73 Å². The molecule has 0 unspecified atom stereocenters. The number of carbonyl (C=O) groups excluding carboxylic acids is 2. The van der Waals surface area contributed by atoms with Crippen LogP contribution in [0.2, 0.25) is 0 Å². The van der Waals surface area contributed by atoms with Gasteiger partial charge in [-0.3, -0.25) is 0 Å². The van der Waals surface area contributed by atoms with E-state index < -0.39 is 11.9 Å². The first kappa shape index (κ1) is 21.5. The smallest absolute Gasteiger partial charge is 0.348 e. The fraction of sp³-hybridized carbons (Fsp3) is 0.190. The second-order valence-electron chi connectivity index (χ2n) is 6.54. The van der Waals surface area contributed by atoms with Crippen molar-refractivity contribution in [1.82, 2.24) is 10.1 Å². The molecule has 0 saturated heterocycles. The summed E-state index contributed by atoms with van der Waals surface area (Å²) in [7, 11) is 0. The van der Waals surface area contributed by atoms with E-state index in [1.54, 1.807) is 19.9 Å². The van der Waals surface area contributed by atoms with Gasteiger partial charge in [0.25, 0.3) is 5.71 Å². The Hall–Kier alpha value is -3.75. The van der Waals surface area contributed by atoms with E-state index in [4.69, 9.17) is 19.7 Å². The molecule has 0 amide bonds. The monoisotopic (exact) mass is 468 g/mol. The SMILES string of the molecule is CCOC(=O)c1sc(N)c(C#N)c1COC(=O)c1cc(-c2cccs2)nc2onc(C)c12. The van der Waals surface area contributed by atoms with E-state index in [-0.39, 0.29) is 45.5 Å². The molecule has 0 bridgehead atoms. The Bertz CT molecular complexity index is 1370. The number of rotatable bonds is 6. The van der Waals surface area contributed by atoms with Crippen molar-refractivity contribution in [2.45, 2.75) is 20.5 Å². The van der Waals surface area contributed by atoms with E-state index in [1.807, 2.05) is 23.6 Å². The molecule has 0 aliphatic heterocycles. The fourth-order valence-corrected chi connectivity index (χ4v) is 4.73. The molecule has 0 atom stereocenters. The Morgan fingerprint density at radius 2 is 2.12 bits per heavy atom. The number of aromatic nitrogens is 2. The van der Waals surface area contributed by atoms with Gasteiger partial charge in [0.2, 0.25) is 0 Å². The molecule has 0 aromatic carbocycles. The average Bonchev–Trinajstić information content (AvgIpc) is 3.51. The Morgan fingerprint density at radius 3 is 2.81 bits per heavy atom. The van der Waals surface area contributed by atoms with Gasteiger partial charge in [-0.05, 0) is 31.4 Å². The van der Waals surface area contributed by atoms with Crippen LogP contribution in [0.4, 0.5) is 5.00 Å². The molecule has 0 radical (unpaired) electrons. The zero-order valence-electron chi connectivity index (χ0n) is 17.0. The number of esters is 2. The van der Waals surface area contributed by atoms with Gasteiger partial charge in [0, 0.05) is 5.56 Å². The fourth-order valence-electron chi connectivity index (χ4n) is 3.13. The minimum atomic E-state index is -0.676. The van der Waals surface area contributed by atoms with Gasteiger partial charge in [-0.1, -0.05) is 11.2 Å². The van der Waals surface area contributed by atoms with Crippen LogP contribution in [-0.4, -0.2) is 28.7 Å². The maximum absolute atomic E-state index is 13.1. The Morgan fingerprint density at radius 1 is 1.31 bits per heavy atom. The number of nitrogen functional groups attached to an aromatic ring is 1. The van der Waals surface area contributed by atoms with Gasteiger partial charge in [-0.25, -0.2) is 14.6 Å². The van der Waals surface area contributed by atoms with Crippen LogP contribution in [-0.2, 0) is 16.1 Å². The van der Waals surface area contributed by atoms with Gasteiger partial charge in [0.05, 0.1) is 39.4 Å². The Labute approximate surface area is 190 Å². The number of carbonyl (C=O) groups is 2. The van der Waals surface area contributed by atoms with Crippen LogP contribution in [0.5, 0.6) is 0 Å². The van der Waals surface area contributed by atoms with Crippen molar-refractivity contribution >= 4 is 50.7 Å². The van der Waals surface area contributed by atoms with E-state index in [2.05, 4.69) is 10.1 Å². The predicted octanol–water partition coefficient (Wildman–Crippen LogP) is 4.31. The second kappa shape index (κ2) is 8.78. The summed E-state index contributed by atoms with van der Waals surface area (Å²) in [4.78, 5) is 30.8. The van der Waals surface area contributed by atoms with E-state index in [0.717, 1.165) is 16.2 Å². The van der Waals surface area contributed by atoms with Gasteiger partial charge in [0.1, 0.15) is 22.6 Å². The predicted molar refractivity (Wildman–Crippen MR) is 118 cm³/mol. The highest BCUT2D eigenvalue weighted by Gasteiger charge is 2.26. The van der Waals surface area contributed by atoms with Crippen molar-refractivity contribution in [3.05, 3.63) is 50.8 Å². The van der Waals surface area contributed by atoms with Gasteiger partial charge >= 0.3 is 11.9 Å². The maximum Gasteiger partial charge on any atom is 0.348 e. The number of nitrogens with two attached hydrogens (primary N) is 1. The van der Waals surface area contributed by atoms with Crippen molar-refractivity contribution in [1.29, 1.82) is 5.26 Å². The average molecular weight is 469 g/mol. The van der Waals surface area contributed by atoms with Crippen LogP contribution in [0.25, 0.3) is 21.7 Å². The lowest BCUT2D eigenvalue weighted by Crippen LogP contribution is -2.11. The number of aryl methyl sites for hydroxylation is 1. The molecule has 0 fully saturated rings. The summed E-state index contributed by atoms with van der Waals surface area (Å²) in [6.45, 7) is 3.19. The first-order valence-corrected chi connectivity index (χ1v) is 11.1. The van der Waals surface area contributed by atoms with Gasteiger partial charge in [-0.15, -0.1) is 22.7 Å². The lowest BCUT2D eigenvalue weighted by atomic mass is 10.1. The first-order chi connectivity index (χ1) is 15.4. The van der Waals surface area contributed by atoms with E-state index in [0.29, 0.717) is 16.8 Å². The number of nitrogens with zero attached hydrogens (tertiary/aromatic N) is 3. The quantitative estimate of drug-likeness (QED) is 0.410. The molecule has 4 aromatic rings. The highest BCUT2D eigenvalue weighted by molar-refractivity contribution is 7.18. The van der Waals surface area contributed by atoms with Crippen LogP contribution >= 0.6 is 22.7 Å². The third-order valence-electron chi connectivity index (χ3n) is 4.57. The van der Waals surface area contributed by atoms with Crippen molar-refractivity contribution in [2.24, 2.45) is 0 Å². The minimum Gasteiger partial charge on any atom is -0.462 e. The first-order valence-electron chi connectivity index (χ1n) is 9.41. The van der Waals surface area contributed by atoms with Crippen LogP contribution in [0, 0.1) is 18.3 Å². The standard InChI is InChI=1S/C21H16N4O5S2/c1-3-28-21(27)17-13(12(8-22)18(23)32-17)9-29-20(26)11-7-14(15-5-4-6-31-15)24-19-16(11)10(2)25-30-19/h4-7H,3,9,23H2,1-2H3. The third kappa shape index (κ3) is 3.81. The topological polar surface area (TPSA) is 141 Å². The largest absolute Gasteiger partial charge is 0.462 e. The highest BCUT2D eigenvalue weighted by atomic mass is 32.1. The minimum absolute atomic E-state index is 0.0890. The van der Waals surface area contributed by atoms with Crippen LogP contribution in [0.3, 0.4) is 0 Å². The molecule has 0 saturated carbocycles. The molecule has 32 heavy (non-hydrogen) atoms. The molecule has 0 spiro atoms.